The molecule has 13 nitrogen and oxygen atoms in total. The number of ketones is 3. The lowest BCUT2D eigenvalue weighted by molar-refractivity contribution is -0.314. The van der Waals surface area contributed by atoms with Gasteiger partial charge in [-0.1, -0.05) is 84.9 Å². The summed E-state index contributed by atoms with van der Waals surface area (Å²) in [5, 5.41) is 9.41. The van der Waals surface area contributed by atoms with Crippen molar-refractivity contribution in [2.24, 2.45) is 47.3 Å². The summed E-state index contributed by atoms with van der Waals surface area (Å²) >= 11 is 0. The van der Waals surface area contributed by atoms with Crippen molar-refractivity contribution in [1.29, 1.82) is 0 Å². The van der Waals surface area contributed by atoms with E-state index in [1.54, 1.807) is 7.11 Å². The average molecular weight is 1040 g/mol. The van der Waals surface area contributed by atoms with Gasteiger partial charge in [0.1, 0.15) is 23.7 Å². The molecule has 3 aliphatic heterocycles. The zero-order valence-electron chi connectivity index (χ0n) is 48.5. The molecular formula is C61H99NO12. The number of hydrogen-bond donors (Lipinski definition) is 1. The van der Waals surface area contributed by atoms with E-state index < -0.39 is 76.8 Å². The number of ether oxygens (including phenoxy) is 6. The van der Waals surface area contributed by atoms with Gasteiger partial charge in [-0.3, -0.25) is 19.2 Å². The maximum Gasteiger partial charge on any atom is 0.329 e. The molecule has 1 aliphatic carbocycles. The molecule has 0 radical (unpaired) electrons. The Hall–Kier alpha value is -3.33. The van der Waals surface area contributed by atoms with Crippen LogP contribution in [0.2, 0.25) is 0 Å². The third-order valence-electron chi connectivity index (χ3n) is 15.9. The number of fused-ring (bicyclic) bond motifs is 3. The number of cyclic esters (lactones) is 1. The lowest BCUT2D eigenvalue weighted by Gasteiger charge is -2.48. The van der Waals surface area contributed by atoms with E-state index in [9.17, 15) is 24.3 Å². The average Bonchev–Trinajstić information content (AvgIpc) is 3.32. The molecule has 2 saturated heterocycles. The second-order valence-corrected chi connectivity index (χ2v) is 24.9. The van der Waals surface area contributed by atoms with E-state index in [0.717, 1.165) is 30.4 Å². The van der Waals surface area contributed by atoms with Crippen LogP contribution in [0.15, 0.2) is 47.6 Å². The number of nitrogens with zero attached hydrogens (tertiary/aromatic N) is 1. The van der Waals surface area contributed by atoms with Crippen molar-refractivity contribution >= 4 is 29.2 Å². The number of amides is 1. The number of carbonyl (C=O) groups excluding carboxylic acids is 5. The van der Waals surface area contributed by atoms with E-state index in [2.05, 4.69) is 19.9 Å². The fourth-order valence-electron chi connectivity index (χ4n) is 11.9. The van der Waals surface area contributed by atoms with Crippen molar-refractivity contribution < 1.29 is 57.5 Å². The predicted molar refractivity (Wildman–Crippen MR) is 290 cm³/mol. The molecule has 1 N–H and O–H groups in total. The van der Waals surface area contributed by atoms with Gasteiger partial charge in [-0.2, -0.15) is 0 Å². The van der Waals surface area contributed by atoms with Gasteiger partial charge in [-0.05, 0) is 154 Å². The molecule has 74 heavy (non-hydrogen) atoms. The van der Waals surface area contributed by atoms with E-state index in [-0.39, 0.29) is 72.9 Å². The first-order valence-corrected chi connectivity index (χ1v) is 28.2. The maximum absolute atomic E-state index is 15.1. The molecule has 15 atom stereocenters. The van der Waals surface area contributed by atoms with Crippen LogP contribution in [0.25, 0.3) is 0 Å². The Balaban J connectivity index is 1.79. The van der Waals surface area contributed by atoms with Crippen LogP contribution in [0.4, 0.5) is 0 Å². The van der Waals surface area contributed by atoms with Crippen LogP contribution in [-0.4, -0.2) is 120 Å². The van der Waals surface area contributed by atoms with Gasteiger partial charge in [0.25, 0.3) is 11.7 Å². The molecule has 0 aromatic rings. The van der Waals surface area contributed by atoms with Crippen molar-refractivity contribution in [3.8, 4) is 0 Å². The molecule has 13 heteroatoms. The number of carbonyl (C=O) groups is 5. The molecule has 0 spiro atoms. The number of rotatable bonds is 9. The summed E-state index contributed by atoms with van der Waals surface area (Å²) in [4.78, 5) is 75.1. The molecular weight excluding hydrogens is 939 g/mol. The first kappa shape index (κ1) is 63.2. The van der Waals surface area contributed by atoms with Gasteiger partial charge < -0.3 is 38.4 Å². The number of Topliss-reactive ketones (excluding diaryl/α,β-unsaturated/α-hetero) is 3. The van der Waals surface area contributed by atoms with Crippen molar-refractivity contribution in [3.05, 3.63) is 47.6 Å². The monoisotopic (exact) mass is 1040 g/mol. The number of aliphatic hydroxyl groups is 1. The fraction of sp³-hybridized carbons (Fsp3) is 0.787. The summed E-state index contributed by atoms with van der Waals surface area (Å²) in [6.45, 7) is 29.7. The molecule has 0 aromatic heterocycles. The highest BCUT2D eigenvalue weighted by atomic mass is 16.7. The third-order valence-corrected chi connectivity index (χ3v) is 15.9. The molecule has 3 fully saturated rings. The topological polar surface area (TPSA) is 164 Å². The van der Waals surface area contributed by atoms with Crippen molar-refractivity contribution in [1.82, 2.24) is 4.90 Å². The number of methoxy groups -OCH3 is 1. The number of piperidine rings is 1. The van der Waals surface area contributed by atoms with Gasteiger partial charge in [0.15, 0.2) is 0 Å². The Morgan fingerprint density at radius 1 is 0.838 bits per heavy atom. The summed E-state index contributed by atoms with van der Waals surface area (Å²) in [6.07, 6.45) is 16.7. The number of aliphatic hydroxyl groups excluding tert-OH is 1. The number of allylic oxidation sites excluding steroid dienone is 6. The Kier molecular flexibility index (Phi) is 24.2. The molecule has 4 rings (SSSR count). The summed E-state index contributed by atoms with van der Waals surface area (Å²) < 4.78 is 38.6. The van der Waals surface area contributed by atoms with Crippen LogP contribution in [0.3, 0.4) is 0 Å². The minimum Gasteiger partial charge on any atom is -0.460 e. The minimum atomic E-state index is -1.93. The smallest absolute Gasteiger partial charge is 0.329 e. The second kappa shape index (κ2) is 28.3. The van der Waals surface area contributed by atoms with E-state index >= 15 is 4.79 Å². The number of hydrogen-bond acceptors (Lipinski definition) is 12. The lowest BCUT2D eigenvalue weighted by atomic mass is 9.75. The first-order chi connectivity index (χ1) is 34.6. The molecule has 2 bridgehead atoms. The Morgan fingerprint density at radius 3 is 2.18 bits per heavy atom. The van der Waals surface area contributed by atoms with E-state index in [4.69, 9.17) is 28.4 Å². The van der Waals surface area contributed by atoms with Crippen LogP contribution in [0.1, 0.15) is 181 Å². The first-order valence-electron chi connectivity index (χ1n) is 28.2. The zero-order valence-corrected chi connectivity index (χ0v) is 48.5. The van der Waals surface area contributed by atoms with Crippen LogP contribution in [-0.2, 0) is 52.4 Å². The van der Waals surface area contributed by atoms with Gasteiger partial charge in [-0.15, -0.1) is 0 Å². The molecule has 1 amide bonds. The molecule has 420 valence electrons. The molecule has 3 heterocycles. The maximum atomic E-state index is 15.1. The Bertz CT molecular complexity index is 1990. The van der Waals surface area contributed by atoms with Crippen molar-refractivity contribution in [3.63, 3.8) is 0 Å². The van der Waals surface area contributed by atoms with Crippen molar-refractivity contribution in [2.75, 3.05) is 26.9 Å². The van der Waals surface area contributed by atoms with Crippen LogP contribution < -0.4 is 0 Å². The molecule has 1 saturated carbocycles. The van der Waals surface area contributed by atoms with Gasteiger partial charge in [0, 0.05) is 50.2 Å². The largest absolute Gasteiger partial charge is 0.460 e. The summed E-state index contributed by atoms with van der Waals surface area (Å²) in [5.74, 6) is -5.71. The van der Waals surface area contributed by atoms with Gasteiger partial charge in [-0.25, -0.2) is 4.79 Å². The highest BCUT2D eigenvalue weighted by molar-refractivity contribution is 6.39. The Labute approximate surface area is 446 Å². The Morgan fingerprint density at radius 2 is 1.54 bits per heavy atom. The third kappa shape index (κ3) is 18.1. The summed E-state index contributed by atoms with van der Waals surface area (Å²) in [6, 6.07) is -1.06. The lowest BCUT2D eigenvalue weighted by Crippen LogP contribution is -2.63. The van der Waals surface area contributed by atoms with E-state index in [1.165, 1.54) is 4.90 Å². The van der Waals surface area contributed by atoms with Gasteiger partial charge in [0.05, 0.1) is 48.8 Å². The highest BCUT2D eigenvalue weighted by Crippen LogP contribution is 2.42. The van der Waals surface area contributed by atoms with Gasteiger partial charge in [0.2, 0.25) is 5.79 Å². The predicted octanol–water partition coefficient (Wildman–Crippen LogP) is 11.1. The van der Waals surface area contributed by atoms with E-state index in [0.29, 0.717) is 58.0 Å². The zero-order chi connectivity index (χ0) is 55.3. The molecule has 0 unspecified atom stereocenters. The number of esters is 1. The van der Waals surface area contributed by atoms with Gasteiger partial charge >= 0.3 is 5.97 Å². The summed E-state index contributed by atoms with van der Waals surface area (Å²) in [7, 11) is 1.65. The van der Waals surface area contributed by atoms with Crippen LogP contribution in [0, 0.1) is 47.3 Å². The van der Waals surface area contributed by atoms with Crippen LogP contribution in [0.5, 0.6) is 0 Å². The normalized spacial score (nSPS) is 37.4. The SMILES string of the molecule is CO[C@H]1C[C@@H]2CC[C@@H](C)[C@@](OC(C)(C)C)(O2)C(=O)C(=O)N2CCCC[C@H]2C(=O)O[C@H]([C@H](C)C[C@@H]2CC[C@@H](OCCO)[C@H](C)C2)CC(=O)[C@H](C)/C=C(\C)[C@@H](OC(C)(C)C)[C@@H](C)C(=O)[C@H](C)C[C@H](C)/C=C/C=C/C=C/1C. The van der Waals surface area contributed by atoms with Crippen molar-refractivity contribution in [2.45, 2.75) is 234 Å². The summed E-state index contributed by atoms with van der Waals surface area (Å²) in [5.41, 5.74) is 0.269. The van der Waals surface area contributed by atoms with Crippen LogP contribution >= 0.6 is 0 Å². The second-order valence-electron chi connectivity index (χ2n) is 24.9. The standard InChI is InChI=1S/C61H99NO12/c1-38-22-18-17-19-23-39(2)52(69-16)36-48-27-25-45(8)61(72-48,74-60(13,14)15)56(66)57(67)62-29-21-20-24-49(62)58(68)71-53(42(5)35-47-26-28-51(41(4)34-47)70-31-30-63)37-50(64)40(3)33-44(7)55(73-59(10,11)12)46(9)54(65)43(6)32-38/h17-19,22-23,33,38,40-43,45-49,51-53,55,63H,20-21,24-32,34-37H2,1-16H3/b19-17+,22-18+,39-23+,44-33+/t38-,40-,41-,42-,43-,45-,46+,47-,48+,49+,51-,52+,53+,55-,61+/m1/s1. The van der Waals surface area contributed by atoms with E-state index in [1.807, 2.05) is 120 Å². The molecule has 4 aliphatic rings. The highest BCUT2D eigenvalue weighted by Gasteiger charge is 2.57. The quantitative estimate of drug-likeness (QED) is 0.132. The molecule has 0 aromatic carbocycles. The fourth-order valence-corrected chi connectivity index (χ4v) is 11.9. The minimum absolute atomic E-state index is 0.0295.